The van der Waals surface area contributed by atoms with E-state index in [-0.39, 0.29) is 23.8 Å². The van der Waals surface area contributed by atoms with Gasteiger partial charge in [-0.3, -0.25) is 9.59 Å². The third-order valence-electron chi connectivity index (χ3n) is 9.44. The largest absolute Gasteiger partial charge is 0.469 e. The highest BCUT2D eigenvalue weighted by molar-refractivity contribution is 5.97. The van der Waals surface area contributed by atoms with E-state index in [4.69, 9.17) is 13.6 Å². The van der Waals surface area contributed by atoms with Crippen LogP contribution in [0.25, 0.3) is 6.08 Å². The predicted octanol–water partition coefficient (Wildman–Crippen LogP) is 8.18. The molecule has 0 aromatic carbocycles. The molecule has 2 aromatic heterocycles. The van der Waals surface area contributed by atoms with E-state index >= 15 is 0 Å². The Balaban J connectivity index is 1.06. The first kappa shape index (κ1) is 26.1. The maximum Gasteiger partial charge on any atom is 0.317 e. The number of fused-ring (bicyclic) bond motifs is 5. The van der Waals surface area contributed by atoms with Crippen molar-refractivity contribution in [3.8, 4) is 0 Å². The second-order valence-corrected chi connectivity index (χ2v) is 11.6. The highest BCUT2D eigenvalue weighted by atomic mass is 16.6. The van der Waals surface area contributed by atoms with Crippen LogP contribution in [0.5, 0.6) is 0 Å². The number of carbonyl (C=O) groups excluding carboxylic acids is 2. The van der Waals surface area contributed by atoms with Gasteiger partial charge in [-0.2, -0.15) is 0 Å². The number of carbonyl (C=O) groups is 2. The van der Waals surface area contributed by atoms with Crippen LogP contribution < -0.4 is 0 Å². The van der Waals surface area contributed by atoms with Crippen LogP contribution in [-0.4, -0.2) is 11.9 Å². The molecule has 3 aliphatic rings. The first-order valence-electron chi connectivity index (χ1n) is 14.6. The zero-order valence-electron chi connectivity index (χ0n) is 22.2. The second-order valence-electron chi connectivity index (χ2n) is 11.6. The molecule has 2 bridgehead atoms. The maximum absolute atomic E-state index is 12.5. The van der Waals surface area contributed by atoms with Crippen molar-refractivity contribution in [2.45, 2.75) is 89.9 Å². The molecule has 7 atom stereocenters. The molecule has 1 aliphatic heterocycles. The lowest BCUT2D eigenvalue weighted by atomic mass is 9.66. The molecule has 37 heavy (non-hydrogen) atoms. The highest BCUT2D eigenvalue weighted by Crippen LogP contribution is 2.63. The van der Waals surface area contributed by atoms with Crippen molar-refractivity contribution in [2.75, 3.05) is 0 Å². The van der Waals surface area contributed by atoms with Gasteiger partial charge in [0.15, 0.2) is 0 Å². The second kappa shape index (κ2) is 12.3. The normalized spacial score (nSPS) is 29.3. The summed E-state index contributed by atoms with van der Waals surface area (Å²) in [7, 11) is 0. The summed E-state index contributed by atoms with van der Waals surface area (Å²) < 4.78 is 16.0. The van der Waals surface area contributed by atoms with Crippen molar-refractivity contribution in [1.29, 1.82) is 0 Å². The Bertz CT molecular complexity index is 1020. The zero-order chi connectivity index (χ0) is 25.6. The molecule has 0 N–H and O–H groups in total. The molecule has 5 heteroatoms. The Labute approximate surface area is 221 Å². The molecule has 3 fully saturated rings. The van der Waals surface area contributed by atoms with Crippen LogP contribution >= 0.6 is 0 Å². The summed E-state index contributed by atoms with van der Waals surface area (Å²) in [6.45, 7) is 2.24. The van der Waals surface area contributed by atoms with E-state index < -0.39 is 0 Å². The smallest absolute Gasteiger partial charge is 0.317 e. The number of cyclic esters (lactones) is 2. The van der Waals surface area contributed by atoms with Gasteiger partial charge in [0.25, 0.3) is 0 Å². The molecule has 7 unspecified atom stereocenters. The molecule has 2 aliphatic carbocycles. The summed E-state index contributed by atoms with van der Waals surface area (Å²) in [5.41, 5.74) is 0. The van der Waals surface area contributed by atoms with Crippen molar-refractivity contribution in [1.82, 2.24) is 0 Å². The Morgan fingerprint density at radius 2 is 1.49 bits per heavy atom. The van der Waals surface area contributed by atoms with E-state index in [2.05, 4.69) is 19.1 Å². The van der Waals surface area contributed by atoms with E-state index in [1.165, 1.54) is 64.2 Å². The van der Waals surface area contributed by atoms with Gasteiger partial charge in [0, 0.05) is 5.92 Å². The minimum Gasteiger partial charge on any atom is -0.469 e. The number of unbranched alkanes of at least 4 members (excludes halogenated alkanes) is 6. The molecule has 0 amide bonds. The predicted molar refractivity (Wildman–Crippen MR) is 142 cm³/mol. The molecular formula is C32H42O5. The van der Waals surface area contributed by atoms with Gasteiger partial charge in [-0.05, 0) is 92.5 Å². The van der Waals surface area contributed by atoms with Gasteiger partial charge in [-0.25, -0.2) is 0 Å². The summed E-state index contributed by atoms with van der Waals surface area (Å²) in [6, 6.07) is 7.92. The van der Waals surface area contributed by atoms with Crippen LogP contribution in [0, 0.1) is 35.5 Å². The van der Waals surface area contributed by atoms with Crippen molar-refractivity contribution in [3.63, 3.8) is 0 Å². The number of hydrogen-bond acceptors (Lipinski definition) is 5. The van der Waals surface area contributed by atoms with E-state index in [9.17, 15) is 9.59 Å². The van der Waals surface area contributed by atoms with E-state index in [0.717, 1.165) is 24.4 Å². The van der Waals surface area contributed by atoms with Crippen LogP contribution in [0.2, 0.25) is 0 Å². The van der Waals surface area contributed by atoms with Gasteiger partial charge in [-0.15, -0.1) is 0 Å². The fraction of sp³-hybridized carbons (Fsp3) is 0.625. The topological polar surface area (TPSA) is 69.7 Å². The minimum atomic E-state index is -0.236. The molecular weight excluding hydrogens is 464 g/mol. The lowest BCUT2D eigenvalue weighted by Crippen LogP contribution is -2.36. The van der Waals surface area contributed by atoms with Gasteiger partial charge in [0.1, 0.15) is 11.5 Å². The summed E-state index contributed by atoms with van der Waals surface area (Å²) in [5, 5.41) is 0. The first-order valence-corrected chi connectivity index (χ1v) is 14.6. The van der Waals surface area contributed by atoms with Crippen molar-refractivity contribution in [2.24, 2.45) is 35.5 Å². The molecule has 5 rings (SSSR count). The quantitative estimate of drug-likeness (QED) is 0.138. The number of allylic oxidation sites excluding steroid dienone is 1. The SMILES string of the molecule is CC(CCCCCCC1C(CCCCC/C=C/c2ccco2)C2CC1C1C(=O)OC(=O)C21)c1ccco1. The highest BCUT2D eigenvalue weighted by Gasteiger charge is 2.65. The fourth-order valence-electron chi connectivity index (χ4n) is 7.69. The van der Waals surface area contributed by atoms with Crippen molar-refractivity contribution in [3.05, 3.63) is 54.4 Å². The maximum atomic E-state index is 12.5. The van der Waals surface area contributed by atoms with Crippen molar-refractivity contribution < 1.29 is 23.2 Å². The Hall–Kier alpha value is -2.56. The summed E-state index contributed by atoms with van der Waals surface area (Å²) in [5.74, 6) is 3.55. The number of furan rings is 2. The summed E-state index contributed by atoms with van der Waals surface area (Å²) in [4.78, 5) is 24.9. The zero-order valence-corrected chi connectivity index (χ0v) is 22.2. The van der Waals surface area contributed by atoms with Gasteiger partial charge < -0.3 is 13.6 Å². The summed E-state index contributed by atoms with van der Waals surface area (Å²) in [6.07, 6.45) is 21.9. The van der Waals surface area contributed by atoms with Crippen LogP contribution in [0.1, 0.15) is 101 Å². The Morgan fingerprint density at radius 3 is 2.14 bits per heavy atom. The first-order chi connectivity index (χ1) is 18.1. The molecule has 2 saturated carbocycles. The van der Waals surface area contributed by atoms with E-state index in [0.29, 0.717) is 29.6 Å². The van der Waals surface area contributed by atoms with Crippen molar-refractivity contribution >= 4 is 18.0 Å². The van der Waals surface area contributed by atoms with Crippen LogP contribution in [-0.2, 0) is 14.3 Å². The standard InChI is InChI=1S/C32H42O5/c1-22(28-18-12-20-36-28)13-7-5-6-10-17-25-24(16-9-4-2-3-8-14-23-15-11-19-35-23)26-21-27(25)30-29(26)31(33)37-32(30)34/h8,11-12,14-15,18-20,22,24-27,29-30H,2-7,9-10,13,16-17,21H2,1H3/b14-8+. The molecule has 0 radical (unpaired) electrons. The fourth-order valence-corrected chi connectivity index (χ4v) is 7.69. The average Bonchev–Trinajstić information content (AvgIpc) is 3.71. The Kier molecular flexibility index (Phi) is 8.68. The van der Waals surface area contributed by atoms with Gasteiger partial charge in [0.05, 0.1) is 24.4 Å². The third-order valence-corrected chi connectivity index (χ3v) is 9.44. The number of rotatable bonds is 15. The van der Waals surface area contributed by atoms with Crippen LogP contribution in [0.4, 0.5) is 0 Å². The van der Waals surface area contributed by atoms with Crippen LogP contribution in [0.3, 0.4) is 0 Å². The number of ether oxygens (including phenoxy) is 1. The molecule has 5 nitrogen and oxygen atoms in total. The number of esters is 2. The van der Waals surface area contributed by atoms with E-state index in [1.807, 2.05) is 24.3 Å². The van der Waals surface area contributed by atoms with Gasteiger partial charge in [0.2, 0.25) is 0 Å². The lowest BCUT2D eigenvalue weighted by molar-refractivity contribution is -0.154. The van der Waals surface area contributed by atoms with Gasteiger partial charge in [-0.1, -0.05) is 51.5 Å². The molecule has 2 aromatic rings. The van der Waals surface area contributed by atoms with Gasteiger partial charge >= 0.3 is 11.9 Å². The Morgan fingerprint density at radius 1 is 0.838 bits per heavy atom. The van der Waals surface area contributed by atoms with E-state index in [1.54, 1.807) is 12.5 Å². The molecule has 3 heterocycles. The monoisotopic (exact) mass is 506 g/mol. The lowest BCUT2D eigenvalue weighted by Gasteiger charge is -2.35. The van der Waals surface area contributed by atoms with Crippen LogP contribution in [0.15, 0.2) is 51.7 Å². The molecule has 1 saturated heterocycles. The number of hydrogen-bond donors (Lipinski definition) is 0. The minimum absolute atomic E-state index is 0.153. The summed E-state index contributed by atoms with van der Waals surface area (Å²) >= 11 is 0. The third kappa shape index (κ3) is 5.97. The molecule has 200 valence electrons. The molecule has 0 spiro atoms. The average molecular weight is 507 g/mol.